The molecule has 0 saturated heterocycles. The van der Waals surface area contributed by atoms with Gasteiger partial charge in [0.2, 0.25) is 5.91 Å². The lowest BCUT2D eigenvalue weighted by molar-refractivity contribution is -0.149. The second-order valence-corrected chi connectivity index (χ2v) is 6.03. The average Bonchev–Trinajstić information content (AvgIpc) is 3.17. The first kappa shape index (κ1) is 17.4. The van der Waals surface area contributed by atoms with E-state index in [0.29, 0.717) is 12.6 Å². The number of amides is 3. The van der Waals surface area contributed by atoms with Crippen LogP contribution in [0.3, 0.4) is 0 Å². The molecule has 1 fully saturated rings. The molecule has 1 rings (SSSR count). The molecule has 0 radical (unpaired) electrons. The van der Waals surface area contributed by atoms with Crippen molar-refractivity contribution in [2.75, 3.05) is 19.6 Å². The Hall–Kier alpha value is -1.63. The zero-order chi connectivity index (χ0) is 16.0. The van der Waals surface area contributed by atoms with Gasteiger partial charge in [0.05, 0.1) is 5.41 Å². The Balaban J connectivity index is 2.23. The van der Waals surface area contributed by atoms with E-state index < -0.39 is 23.3 Å². The number of hydrogen-bond donors (Lipinski definition) is 3. The van der Waals surface area contributed by atoms with Gasteiger partial charge in [0, 0.05) is 25.6 Å². The van der Waals surface area contributed by atoms with E-state index in [0.717, 1.165) is 13.1 Å². The van der Waals surface area contributed by atoms with Crippen LogP contribution in [0.25, 0.3) is 0 Å². The summed E-state index contributed by atoms with van der Waals surface area (Å²) >= 11 is 0. The van der Waals surface area contributed by atoms with E-state index in [1.54, 1.807) is 0 Å². The van der Waals surface area contributed by atoms with Crippen molar-refractivity contribution in [2.24, 2.45) is 5.41 Å². The molecule has 1 saturated carbocycles. The van der Waals surface area contributed by atoms with E-state index in [9.17, 15) is 14.4 Å². The minimum atomic E-state index is -1.19. The molecule has 3 N–H and O–H groups in total. The van der Waals surface area contributed by atoms with E-state index >= 15 is 0 Å². The fraction of sp³-hybridized carbons (Fsp3) is 0.786. The summed E-state index contributed by atoms with van der Waals surface area (Å²) in [7, 11) is 0. The third-order valence-electron chi connectivity index (χ3n) is 3.59. The normalized spacial score (nSPS) is 14.9. The molecule has 3 amide bonds. The van der Waals surface area contributed by atoms with Gasteiger partial charge in [-0.05, 0) is 33.2 Å². The summed E-state index contributed by atoms with van der Waals surface area (Å²) in [5.74, 6) is -1.66. The molecule has 0 unspecified atom stereocenters. The van der Waals surface area contributed by atoms with Crippen molar-refractivity contribution in [3.05, 3.63) is 0 Å². The Morgan fingerprint density at radius 2 is 1.90 bits per heavy atom. The van der Waals surface area contributed by atoms with Crippen LogP contribution in [-0.4, -0.2) is 53.6 Å². The van der Waals surface area contributed by atoms with Gasteiger partial charge >= 0.3 is 12.0 Å². The molecule has 7 heteroatoms. The molecule has 1 aliphatic carbocycles. The highest BCUT2D eigenvalue weighted by Crippen LogP contribution is 2.25. The quantitative estimate of drug-likeness (QED) is 0.615. The maximum atomic E-state index is 11.6. The SMILES string of the molecule is CCN(CCNC(=O)NC(=O)CC(C)(C)C(=O)O)C1CC1. The second-order valence-electron chi connectivity index (χ2n) is 6.03. The van der Waals surface area contributed by atoms with Crippen LogP contribution in [0.15, 0.2) is 0 Å². The van der Waals surface area contributed by atoms with Crippen molar-refractivity contribution in [3.63, 3.8) is 0 Å². The molecule has 0 atom stereocenters. The Morgan fingerprint density at radius 3 is 2.38 bits per heavy atom. The van der Waals surface area contributed by atoms with E-state index in [-0.39, 0.29) is 6.42 Å². The molecule has 21 heavy (non-hydrogen) atoms. The third-order valence-corrected chi connectivity index (χ3v) is 3.59. The first-order valence-electron chi connectivity index (χ1n) is 7.31. The highest BCUT2D eigenvalue weighted by molar-refractivity contribution is 5.96. The minimum absolute atomic E-state index is 0.237. The van der Waals surface area contributed by atoms with Gasteiger partial charge < -0.3 is 10.4 Å². The largest absolute Gasteiger partial charge is 0.481 e. The standard InChI is InChI=1S/C14H25N3O4/c1-4-17(10-5-6-10)8-7-15-13(21)16-11(18)9-14(2,3)12(19)20/h10H,4-9H2,1-3H3,(H,19,20)(H2,15,16,18,21). The molecule has 1 aliphatic rings. The first-order valence-corrected chi connectivity index (χ1v) is 7.31. The van der Waals surface area contributed by atoms with Crippen molar-refractivity contribution >= 4 is 17.9 Å². The number of nitrogens with zero attached hydrogens (tertiary/aromatic N) is 1. The maximum Gasteiger partial charge on any atom is 0.321 e. The molecule has 0 aromatic rings. The lowest BCUT2D eigenvalue weighted by Crippen LogP contribution is -2.44. The van der Waals surface area contributed by atoms with Gasteiger partial charge in [-0.15, -0.1) is 0 Å². The Morgan fingerprint density at radius 1 is 1.29 bits per heavy atom. The summed E-state index contributed by atoms with van der Waals surface area (Å²) < 4.78 is 0. The molecule has 0 aromatic carbocycles. The first-order chi connectivity index (χ1) is 9.76. The summed E-state index contributed by atoms with van der Waals surface area (Å²) in [5, 5.41) is 13.7. The number of aliphatic carboxylic acids is 1. The van der Waals surface area contributed by atoms with Crippen LogP contribution < -0.4 is 10.6 Å². The van der Waals surface area contributed by atoms with Gasteiger partial charge in [-0.3, -0.25) is 19.8 Å². The van der Waals surface area contributed by atoms with E-state index in [2.05, 4.69) is 22.5 Å². The fourth-order valence-corrected chi connectivity index (χ4v) is 2.04. The number of imide groups is 1. The number of nitrogens with one attached hydrogen (secondary N) is 2. The van der Waals surface area contributed by atoms with Gasteiger partial charge in [-0.2, -0.15) is 0 Å². The van der Waals surface area contributed by atoms with Crippen LogP contribution in [0.2, 0.25) is 0 Å². The number of likely N-dealkylation sites (N-methyl/N-ethyl adjacent to an activating group) is 1. The summed E-state index contributed by atoms with van der Waals surface area (Å²) in [6.07, 6.45) is 2.19. The summed E-state index contributed by atoms with van der Waals surface area (Å²) in [5.41, 5.74) is -1.19. The average molecular weight is 299 g/mol. The third kappa shape index (κ3) is 6.12. The molecule has 0 aliphatic heterocycles. The number of carboxylic acid groups (broad SMARTS) is 1. The molecular weight excluding hydrogens is 274 g/mol. The predicted octanol–water partition coefficient (Wildman–Crippen LogP) is 0.797. The zero-order valence-electron chi connectivity index (χ0n) is 12.9. The molecule has 0 spiro atoms. The summed E-state index contributed by atoms with van der Waals surface area (Å²) in [4.78, 5) is 36.3. The lowest BCUT2D eigenvalue weighted by Gasteiger charge is -2.20. The second kappa shape index (κ2) is 7.40. The lowest BCUT2D eigenvalue weighted by atomic mass is 9.89. The smallest absolute Gasteiger partial charge is 0.321 e. The van der Waals surface area contributed by atoms with Gasteiger partial charge in [-0.25, -0.2) is 4.79 Å². The van der Waals surface area contributed by atoms with Gasteiger partial charge in [0.25, 0.3) is 0 Å². The molecule has 0 heterocycles. The number of hydrogen-bond acceptors (Lipinski definition) is 4. The predicted molar refractivity (Wildman–Crippen MR) is 77.8 cm³/mol. The number of carbonyl (C=O) groups excluding carboxylic acids is 2. The Bertz CT molecular complexity index is 405. The molecule has 120 valence electrons. The fourth-order valence-electron chi connectivity index (χ4n) is 2.04. The van der Waals surface area contributed by atoms with Crippen LogP contribution >= 0.6 is 0 Å². The van der Waals surface area contributed by atoms with Crippen LogP contribution in [0, 0.1) is 5.41 Å². The number of carbonyl (C=O) groups is 3. The van der Waals surface area contributed by atoms with Crippen molar-refractivity contribution in [1.29, 1.82) is 0 Å². The number of urea groups is 1. The summed E-state index contributed by atoms with van der Waals surface area (Å²) in [6.45, 7) is 7.13. The van der Waals surface area contributed by atoms with Crippen molar-refractivity contribution in [1.82, 2.24) is 15.5 Å². The number of carboxylic acids is 1. The van der Waals surface area contributed by atoms with Crippen LogP contribution in [0.5, 0.6) is 0 Å². The van der Waals surface area contributed by atoms with Gasteiger partial charge in [0.1, 0.15) is 0 Å². The summed E-state index contributed by atoms with van der Waals surface area (Å²) in [6, 6.07) is 0.0610. The highest BCUT2D eigenvalue weighted by atomic mass is 16.4. The number of rotatable bonds is 8. The van der Waals surface area contributed by atoms with Crippen LogP contribution in [0.4, 0.5) is 4.79 Å². The Labute approximate surface area is 125 Å². The minimum Gasteiger partial charge on any atom is -0.481 e. The van der Waals surface area contributed by atoms with Crippen LogP contribution in [-0.2, 0) is 9.59 Å². The molecule has 7 nitrogen and oxygen atoms in total. The van der Waals surface area contributed by atoms with Gasteiger partial charge in [-0.1, -0.05) is 6.92 Å². The molecular formula is C14H25N3O4. The van der Waals surface area contributed by atoms with Crippen molar-refractivity contribution in [2.45, 2.75) is 46.1 Å². The van der Waals surface area contributed by atoms with Crippen LogP contribution in [0.1, 0.15) is 40.0 Å². The van der Waals surface area contributed by atoms with Crippen molar-refractivity contribution < 1.29 is 19.5 Å². The van der Waals surface area contributed by atoms with E-state index in [1.807, 2.05) is 0 Å². The van der Waals surface area contributed by atoms with Gasteiger partial charge in [0.15, 0.2) is 0 Å². The molecule has 0 bridgehead atoms. The zero-order valence-corrected chi connectivity index (χ0v) is 12.9. The Kier molecular flexibility index (Phi) is 6.14. The topological polar surface area (TPSA) is 98.7 Å². The monoisotopic (exact) mass is 299 g/mol. The van der Waals surface area contributed by atoms with Crippen molar-refractivity contribution in [3.8, 4) is 0 Å². The van der Waals surface area contributed by atoms with E-state index in [1.165, 1.54) is 26.7 Å². The highest BCUT2D eigenvalue weighted by Gasteiger charge is 2.31. The molecule has 0 aromatic heterocycles. The van der Waals surface area contributed by atoms with E-state index in [4.69, 9.17) is 5.11 Å². The maximum absolute atomic E-state index is 11.6.